The molecule has 4 heterocycles. The van der Waals surface area contributed by atoms with Gasteiger partial charge in [0.15, 0.2) is 9.84 Å². The Morgan fingerprint density at radius 1 is 1.27 bits per heavy atom. The fraction of sp³-hybridized carbons (Fsp3) is 0.529. The lowest BCUT2D eigenvalue weighted by Crippen LogP contribution is -2.50. The largest absolute Gasteiger partial charge is 0.350 e. The number of hydrogen-bond acceptors (Lipinski definition) is 7. The van der Waals surface area contributed by atoms with Crippen LogP contribution in [0.15, 0.2) is 22.9 Å². The molecule has 0 aliphatic carbocycles. The number of sulfone groups is 1. The Labute approximate surface area is 161 Å². The number of hydrogen-bond donors (Lipinski definition) is 1. The predicted octanol–water partition coefficient (Wildman–Crippen LogP) is 1.79. The van der Waals surface area contributed by atoms with E-state index in [1.807, 2.05) is 22.9 Å². The summed E-state index contributed by atoms with van der Waals surface area (Å²) in [5.41, 5.74) is 0.731. The molecule has 0 bridgehead atoms. The maximum atomic E-state index is 12.5. The van der Waals surface area contributed by atoms with Gasteiger partial charge in [-0.2, -0.15) is 0 Å². The molecule has 1 N–H and O–H groups in total. The fourth-order valence-corrected chi connectivity index (χ4v) is 7.31. The lowest BCUT2D eigenvalue weighted by atomic mass is 10.1. The number of amides is 1. The zero-order chi connectivity index (χ0) is 18.1. The van der Waals surface area contributed by atoms with Crippen molar-refractivity contribution in [1.82, 2.24) is 15.2 Å². The van der Waals surface area contributed by atoms with Crippen molar-refractivity contribution in [3.8, 4) is 9.88 Å². The predicted molar refractivity (Wildman–Crippen MR) is 104 cm³/mol. The zero-order valence-electron chi connectivity index (χ0n) is 14.3. The molecule has 140 valence electrons. The van der Waals surface area contributed by atoms with Crippen molar-refractivity contribution in [2.45, 2.75) is 31.3 Å². The SMILES string of the molecule is O=C(Cc1csc(-c2cccs2)n1)NC1CS(=O)(=O)CC1N1CCCC1. The van der Waals surface area contributed by atoms with Crippen LogP contribution < -0.4 is 5.32 Å². The summed E-state index contributed by atoms with van der Waals surface area (Å²) in [5.74, 6) is 0.0357. The molecule has 2 aliphatic heterocycles. The third kappa shape index (κ3) is 4.00. The molecule has 2 aromatic rings. The smallest absolute Gasteiger partial charge is 0.226 e. The highest BCUT2D eigenvalue weighted by molar-refractivity contribution is 7.91. The molecule has 26 heavy (non-hydrogen) atoms. The van der Waals surface area contributed by atoms with E-state index in [1.165, 1.54) is 11.3 Å². The topological polar surface area (TPSA) is 79.4 Å². The molecule has 9 heteroatoms. The molecule has 0 spiro atoms. The third-order valence-corrected chi connectivity index (χ3v) is 8.55. The summed E-state index contributed by atoms with van der Waals surface area (Å²) < 4.78 is 24.2. The van der Waals surface area contributed by atoms with Crippen LogP contribution in [0.1, 0.15) is 18.5 Å². The molecule has 0 radical (unpaired) electrons. The molecule has 2 aromatic heterocycles. The van der Waals surface area contributed by atoms with Gasteiger partial charge < -0.3 is 5.32 Å². The van der Waals surface area contributed by atoms with Crippen molar-refractivity contribution in [2.24, 2.45) is 0 Å². The Bertz CT molecular complexity index is 870. The Hall–Kier alpha value is -1.29. The van der Waals surface area contributed by atoms with Gasteiger partial charge in [0.05, 0.1) is 34.5 Å². The Morgan fingerprint density at radius 3 is 2.81 bits per heavy atom. The normalized spacial score (nSPS) is 25.5. The van der Waals surface area contributed by atoms with Crippen molar-refractivity contribution >= 4 is 38.4 Å². The Kier molecular flexibility index (Phi) is 5.13. The van der Waals surface area contributed by atoms with Gasteiger partial charge in [-0.1, -0.05) is 6.07 Å². The van der Waals surface area contributed by atoms with Gasteiger partial charge in [-0.15, -0.1) is 22.7 Å². The maximum Gasteiger partial charge on any atom is 0.226 e. The molecule has 4 rings (SSSR count). The third-order valence-electron chi connectivity index (χ3n) is 4.90. The first-order valence-electron chi connectivity index (χ1n) is 8.72. The average Bonchev–Trinajstić information content (AvgIpc) is 3.33. The van der Waals surface area contributed by atoms with Crippen LogP contribution in [0.5, 0.6) is 0 Å². The number of rotatable bonds is 5. The second-order valence-corrected chi connectivity index (χ2v) is 10.8. The van der Waals surface area contributed by atoms with Gasteiger partial charge in [0, 0.05) is 11.4 Å². The minimum absolute atomic E-state index is 0.0391. The zero-order valence-corrected chi connectivity index (χ0v) is 16.7. The van der Waals surface area contributed by atoms with Gasteiger partial charge in [-0.3, -0.25) is 9.69 Å². The monoisotopic (exact) mass is 411 g/mol. The molecule has 1 amide bonds. The molecular weight excluding hydrogens is 390 g/mol. The van der Waals surface area contributed by atoms with Crippen molar-refractivity contribution in [2.75, 3.05) is 24.6 Å². The maximum absolute atomic E-state index is 12.5. The van der Waals surface area contributed by atoms with E-state index in [2.05, 4.69) is 15.2 Å². The van der Waals surface area contributed by atoms with E-state index < -0.39 is 9.84 Å². The summed E-state index contributed by atoms with van der Waals surface area (Å²) in [6.07, 6.45) is 2.38. The highest BCUT2D eigenvalue weighted by atomic mass is 32.2. The standard InChI is InChI=1S/C17H21N3O3S3/c21-16(8-12-9-25-17(18-12)15-4-3-7-24-15)19-13-10-26(22,23)11-14(13)20-5-1-2-6-20/h3-4,7,9,13-14H,1-2,5-6,8,10-11H2,(H,19,21). The minimum atomic E-state index is -3.09. The van der Waals surface area contributed by atoms with Crippen molar-refractivity contribution in [1.29, 1.82) is 0 Å². The van der Waals surface area contributed by atoms with E-state index in [4.69, 9.17) is 0 Å². The average molecular weight is 412 g/mol. The summed E-state index contributed by atoms with van der Waals surface area (Å²) in [7, 11) is -3.09. The number of nitrogens with zero attached hydrogens (tertiary/aromatic N) is 2. The molecule has 0 saturated carbocycles. The van der Waals surface area contributed by atoms with Crippen LogP contribution in [0.4, 0.5) is 0 Å². The summed E-state index contributed by atoms with van der Waals surface area (Å²) in [5, 5.41) is 7.78. The molecule has 2 saturated heterocycles. The van der Waals surface area contributed by atoms with Gasteiger partial charge in [-0.25, -0.2) is 13.4 Å². The Balaban J connectivity index is 1.40. The highest BCUT2D eigenvalue weighted by Crippen LogP contribution is 2.28. The fourth-order valence-electron chi connectivity index (χ4n) is 3.72. The van der Waals surface area contributed by atoms with Crippen LogP contribution in [0.3, 0.4) is 0 Å². The van der Waals surface area contributed by atoms with Gasteiger partial charge in [0.2, 0.25) is 5.91 Å². The molecule has 0 aromatic carbocycles. The molecule has 6 nitrogen and oxygen atoms in total. The number of nitrogens with one attached hydrogen (secondary N) is 1. The van der Waals surface area contributed by atoms with Gasteiger partial charge in [-0.05, 0) is 37.4 Å². The van der Waals surface area contributed by atoms with E-state index in [1.54, 1.807) is 11.3 Å². The van der Waals surface area contributed by atoms with Gasteiger partial charge in [0.25, 0.3) is 0 Å². The van der Waals surface area contributed by atoms with Crippen LogP contribution in [-0.4, -0.2) is 60.9 Å². The van der Waals surface area contributed by atoms with Crippen LogP contribution >= 0.6 is 22.7 Å². The molecule has 2 atom stereocenters. The minimum Gasteiger partial charge on any atom is -0.350 e. The molecular formula is C17H21N3O3S3. The highest BCUT2D eigenvalue weighted by Gasteiger charge is 2.42. The first-order chi connectivity index (χ1) is 12.5. The summed E-state index contributed by atoms with van der Waals surface area (Å²) in [6.45, 7) is 1.84. The molecule has 2 fully saturated rings. The number of likely N-dealkylation sites (tertiary alicyclic amines) is 1. The van der Waals surface area contributed by atoms with Gasteiger partial charge in [0.1, 0.15) is 5.01 Å². The van der Waals surface area contributed by atoms with Crippen molar-refractivity contribution in [3.63, 3.8) is 0 Å². The van der Waals surface area contributed by atoms with Crippen LogP contribution in [0.2, 0.25) is 0 Å². The van der Waals surface area contributed by atoms with E-state index in [9.17, 15) is 13.2 Å². The lowest BCUT2D eigenvalue weighted by molar-refractivity contribution is -0.121. The first kappa shape index (κ1) is 18.1. The number of aromatic nitrogens is 1. The van der Waals surface area contributed by atoms with Crippen molar-refractivity contribution < 1.29 is 13.2 Å². The van der Waals surface area contributed by atoms with E-state index in [0.717, 1.165) is 41.5 Å². The number of carbonyl (C=O) groups is 1. The first-order valence-corrected chi connectivity index (χ1v) is 12.3. The van der Waals surface area contributed by atoms with Crippen molar-refractivity contribution in [3.05, 3.63) is 28.6 Å². The summed E-state index contributed by atoms with van der Waals surface area (Å²) >= 11 is 3.15. The number of thiophene rings is 1. The van der Waals surface area contributed by atoms with E-state index in [0.29, 0.717) is 0 Å². The van der Waals surface area contributed by atoms with E-state index in [-0.39, 0.29) is 35.9 Å². The molecule has 2 unspecified atom stereocenters. The Morgan fingerprint density at radius 2 is 2.08 bits per heavy atom. The lowest BCUT2D eigenvalue weighted by Gasteiger charge is -2.28. The van der Waals surface area contributed by atoms with Crippen LogP contribution in [0, 0.1) is 0 Å². The quantitative estimate of drug-likeness (QED) is 0.812. The summed E-state index contributed by atoms with van der Waals surface area (Å²) in [4.78, 5) is 20.3. The van der Waals surface area contributed by atoms with Crippen LogP contribution in [0.25, 0.3) is 9.88 Å². The molecule has 2 aliphatic rings. The van der Waals surface area contributed by atoms with Gasteiger partial charge >= 0.3 is 0 Å². The van der Waals surface area contributed by atoms with Crippen LogP contribution in [-0.2, 0) is 21.1 Å². The second-order valence-electron chi connectivity index (χ2n) is 6.86. The summed E-state index contributed by atoms with van der Waals surface area (Å²) in [6, 6.07) is 3.58. The number of carbonyl (C=O) groups excluding carboxylic acids is 1. The number of thiazole rings is 1. The second kappa shape index (κ2) is 7.38. The van der Waals surface area contributed by atoms with E-state index >= 15 is 0 Å².